The lowest BCUT2D eigenvalue weighted by molar-refractivity contribution is 0.402. The van der Waals surface area contributed by atoms with E-state index in [1.54, 1.807) is 0 Å². The number of hydrogen-bond donors (Lipinski definition) is 0. The fraction of sp³-hybridized carbons (Fsp3) is 0.100. The van der Waals surface area contributed by atoms with E-state index < -0.39 is 10.0 Å². The third-order valence-corrected chi connectivity index (χ3v) is 3.97. The van der Waals surface area contributed by atoms with Crippen LogP contribution >= 0.6 is 11.6 Å². The molecule has 0 aliphatic heterocycles. The molecule has 0 saturated heterocycles. The van der Waals surface area contributed by atoms with Crippen LogP contribution in [0.3, 0.4) is 0 Å². The van der Waals surface area contributed by atoms with Gasteiger partial charge in [-0.05, 0) is 18.2 Å². The minimum absolute atomic E-state index is 0.0214. The summed E-state index contributed by atoms with van der Waals surface area (Å²) in [5, 5.41) is 4.11. The topological polar surface area (TPSA) is 61.2 Å². The lowest BCUT2D eigenvalue weighted by Crippen LogP contribution is -2.14. The molecule has 2 aromatic rings. The van der Waals surface area contributed by atoms with Gasteiger partial charge in [-0.3, -0.25) is 0 Å². The Morgan fingerprint density at radius 3 is 2.76 bits per heavy atom. The van der Waals surface area contributed by atoms with Crippen molar-refractivity contribution in [3.63, 3.8) is 0 Å². The van der Waals surface area contributed by atoms with E-state index in [1.165, 1.54) is 43.8 Å². The molecule has 0 amide bonds. The molecule has 2 rings (SSSR count). The Labute approximate surface area is 104 Å². The van der Waals surface area contributed by atoms with Gasteiger partial charge < -0.3 is 4.74 Å². The predicted octanol–water partition coefficient (Wildman–Crippen LogP) is 1.78. The number of hydrogen-bond acceptors (Lipinski definition) is 4. The second kappa shape index (κ2) is 4.38. The van der Waals surface area contributed by atoms with Gasteiger partial charge in [0.2, 0.25) is 0 Å². The third-order valence-electron chi connectivity index (χ3n) is 2.13. The summed E-state index contributed by atoms with van der Waals surface area (Å²) >= 11 is 5.77. The molecule has 0 atom stereocenters. The first-order chi connectivity index (χ1) is 8.05. The summed E-state index contributed by atoms with van der Waals surface area (Å²) in [6, 6.07) is 5.84. The number of methoxy groups -OCH3 is 1. The molecule has 1 aromatic carbocycles. The molecule has 0 unspecified atom stereocenters. The molecule has 0 spiro atoms. The molecule has 7 heteroatoms. The van der Waals surface area contributed by atoms with Crippen molar-refractivity contribution >= 4 is 21.6 Å². The Bertz CT molecular complexity index is 623. The number of ether oxygens (including phenoxy) is 1. The van der Waals surface area contributed by atoms with Gasteiger partial charge in [-0.25, -0.2) is 0 Å². The molecule has 90 valence electrons. The van der Waals surface area contributed by atoms with E-state index in [2.05, 4.69) is 5.10 Å². The molecule has 0 N–H and O–H groups in total. The van der Waals surface area contributed by atoms with Gasteiger partial charge in [-0.2, -0.15) is 17.6 Å². The fourth-order valence-corrected chi connectivity index (χ4v) is 2.76. The minimum Gasteiger partial charge on any atom is -0.495 e. The standard InChI is InChI=1S/C10H9ClN2O3S/c1-16-9-7-8(11)3-4-10(9)17(14,15)13-6-2-5-12-13/h2-7H,1H3. The third kappa shape index (κ3) is 2.13. The summed E-state index contributed by atoms with van der Waals surface area (Å²) in [5.74, 6) is 0.188. The van der Waals surface area contributed by atoms with Gasteiger partial charge in [0.1, 0.15) is 10.6 Å². The van der Waals surface area contributed by atoms with Crippen molar-refractivity contribution in [1.29, 1.82) is 0 Å². The average Bonchev–Trinajstić information content (AvgIpc) is 2.82. The van der Waals surface area contributed by atoms with Crippen LogP contribution in [0.5, 0.6) is 5.75 Å². The van der Waals surface area contributed by atoms with Crippen molar-refractivity contribution in [2.24, 2.45) is 0 Å². The molecule has 0 radical (unpaired) electrons. The highest BCUT2D eigenvalue weighted by atomic mass is 35.5. The fourth-order valence-electron chi connectivity index (χ4n) is 1.35. The van der Waals surface area contributed by atoms with E-state index in [4.69, 9.17) is 16.3 Å². The number of halogens is 1. The Morgan fingerprint density at radius 1 is 1.41 bits per heavy atom. The molecule has 0 bridgehead atoms. The minimum atomic E-state index is -3.73. The number of nitrogens with zero attached hydrogens (tertiary/aromatic N) is 2. The van der Waals surface area contributed by atoms with E-state index in [0.717, 1.165) is 4.09 Å². The first-order valence-corrected chi connectivity index (χ1v) is 6.46. The summed E-state index contributed by atoms with van der Waals surface area (Å²) in [4.78, 5) is 0.0214. The van der Waals surface area contributed by atoms with E-state index in [1.807, 2.05) is 0 Å². The maximum atomic E-state index is 12.2. The van der Waals surface area contributed by atoms with Crippen LogP contribution in [-0.2, 0) is 10.0 Å². The van der Waals surface area contributed by atoms with Crippen LogP contribution in [0, 0.1) is 0 Å². The largest absolute Gasteiger partial charge is 0.495 e. The van der Waals surface area contributed by atoms with Crippen LogP contribution in [-0.4, -0.2) is 24.7 Å². The molecular formula is C10H9ClN2O3S. The molecule has 0 aliphatic rings. The summed E-state index contributed by atoms with van der Waals surface area (Å²) in [5.41, 5.74) is 0. The molecule has 17 heavy (non-hydrogen) atoms. The van der Waals surface area contributed by atoms with Crippen molar-refractivity contribution in [2.75, 3.05) is 7.11 Å². The van der Waals surface area contributed by atoms with E-state index >= 15 is 0 Å². The van der Waals surface area contributed by atoms with Crippen molar-refractivity contribution in [3.8, 4) is 5.75 Å². The molecule has 0 fully saturated rings. The number of rotatable bonds is 3. The maximum absolute atomic E-state index is 12.2. The Hall–Kier alpha value is -1.53. The zero-order valence-corrected chi connectivity index (χ0v) is 10.4. The second-order valence-electron chi connectivity index (χ2n) is 3.18. The quantitative estimate of drug-likeness (QED) is 0.854. The van der Waals surface area contributed by atoms with Gasteiger partial charge in [-0.15, -0.1) is 0 Å². The molecule has 0 aliphatic carbocycles. The summed E-state index contributed by atoms with van der Waals surface area (Å²) in [7, 11) is -2.35. The van der Waals surface area contributed by atoms with Crippen LogP contribution in [0.25, 0.3) is 0 Å². The molecular weight excluding hydrogens is 264 g/mol. The highest BCUT2D eigenvalue weighted by Crippen LogP contribution is 2.28. The first kappa shape index (κ1) is 11.9. The van der Waals surface area contributed by atoms with Gasteiger partial charge in [0.05, 0.1) is 13.3 Å². The van der Waals surface area contributed by atoms with Crippen LogP contribution < -0.4 is 4.74 Å². The SMILES string of the molecule is COc1cc(Cl)ccc1S(=O)(=O)n1cccn1. The molecule has 1 heterocycles. The summed E-state index contributed by atoms with van der Waals surface area (Å²) in [6.07, 6.45) is 2.74. The van der Waals surface area contributed by atoms with Crippen LogP contribution in [0.15, 0.2) is 41.6 Å². The Kier molecular flexibility index (Phi) is 3.08. The van der Waals surface area contributed by atoms with Crippen LogP contribution in [0.1, 0.15) is 0 Å². The van der Waals surface area contributed by atoms with Crippen LogP contribution in [0.4, 0.5) is 0 Å². The monoisotopic (exact) mass is 272 g/mol. The Balaban J connectivity index is 2.62. The maximum Gasteiger partial charge on any atom is 0.286 e. The molecule has 1 aromatic heterocycles. The van der Waals surface area contributed by atoms with Crippen molar-refractivity contribution in [1.82, 2.24) is 9.19 Å². The van der Waals surface area contributed by atoms with Crippen molar-refractivity contribution < 1.29 is 13.2 Å². The molecule has 5 nitrogen and oxygen atoms in total. The summed E-state index contributed by atoms with van der Waals surface area (Å²) in [6.45, 7) is 0. The lowest BCUT2D eigenvalue weighted by atomic mass is 10.3. The molecule has 0 saturated carbocycles. The van der Waals surface area contributed by atoms with Crippen molar-refractivity contribution in [2.45, 2.75) is 4.90 Å². The zero-order chi connectivity index (χ0) is 12.5. The first-order valence-electron chi connectivity index (χ1n) is 4.64. The predicted molar refractivity (Wildman–Crippen MR) is 62.8 cm³/mol. The van der Waals surface area contributed by atoms with Crippen LogP contribution in [0.2, 0.25) is 5.02 Å². The van der Waals surface area contributed by atoms with Gasteiger partial charge in [0, 0.05) is 17.3 Å². The average molecular weight is 273 g/mol. The van der Waals surface area contributed by atoms with E-state index in [-0.39, 0.29) is 10.6 Å². The van der Waals surface area contributed by atoms with Gasteiger partial charge >= 0.3 is 0 Å². The number of benzene rings is 1. The normalized spacial score (nSPS) is 11.4. The summed E-state index contributed by atoms with van der Waals surface area (Å²) < 4.78 is 30.2. The lowest BCUT2D eigenvalue weighted by Gasteiger charge is -2.09. The Morgan fingerprint density at radius 2 is 2.18 bits per heavy atom. The number of aromatic nitrogens is 2. The van der Waals surface area contributed by atoms with E-state index in [9.17, 15) is 8.42 Å². The van der Waals surface area contributed by atoms with Gasteiger partial charge in [-0.1, -0.05) is 11.6 Å². The van der Waals surface area contributed by atoms with E-state index in [0.29, 0.717) is 5.02 Å². The zero-order valence-electron chi connectivity index (χ0n) is 8.87. The highest BCUT2D eigenvalue weighted by Gasteiger charge is 2.21. The second-order valence-corrected chi connectivity index (χ2v) is 5.38. The smallest absolute Gasteiger partial charge is 0.286 e. The van der Waals surface area contributed by atoms with Gasteiger partial charge in [0.15, 0.2) is 0 Å². The van der Waals surface area contributed by atoms with Crippen molar-refractivity contribution in [3.05, 3.63) is 41.7 Å². The highest BCUT2D eigenvalue weighted by molar-refractivity contribution is 7.90. The van der Waals surface area contributed by atoms with Gasteiger partial charge in [0.25, 0.3) is 10.0 Å².